The molecule has 2 rings (SSSR count). The number of ether oxygens (including phenoxy) is 1. The molecule has 0 unspecified atom stereocenters. The smallest absolute Gasteiger partial charge is 0.119 e. The van der Waals surface area contributed by atoms with Crippen LogP contribution in [0.25, 0.3) is 0 Å². The van der Waals surface area contributed by atoms with Crippen molar-refractivity contribution in [3.8, 4) is 5.75 Å². The number of halogens is 2. The summed E-state index contributed by atoms with van der Waals surface area (Å²) < 4.78 is 7.68. The van der Waals surface area contributed by atoms with E-state index in [1.165, 1.54) is 0 Å². The van der Waals surface area contributed by atoms with Gasteiger partial charge in [0, 0.05) is 20.2 Å². The van der Waals surface area contributed by atoms with Gasteiger partial charge in [-0.2, -0.15) is 0 Å². The quantitative estimate of drug-likeness (QED) is 0.828. The van der Waals surface area contributed by atoms with E-state index in [1.54, 1.807) is 0 Å². The van der Waals surface area contributed by atoms with Crippen LogP contribution in [-0.4, -0.2) is 0 Å². The minimum Gasteiger partial charge on any atom is -0.489 e. The number of hydrogen-bond acceptors (Lipinski definition) is 2. The van der Waals surface area contributed by atoms with E-state index in [-0.39, 0.29) is 0 Å². The molecule has 0 aromatic heterocycles. The largest absolute Gasteiger partial charge is 0.489 e. The zero-order valence-electron chi connectivity index (χ0n) is 8.99. The van der Waals surface area contributed by atoms with Crippen LogP contribution in [-0.2, 0) is 6.61 Å². The first-order chi connectivity index (χ1) is 8.16. The van der Waals surface area contributed by atoms with Gasteiger partial charge in [0.25, 0.3) is 0 Å². The number of anilines is 1. The first-order valence-electron chi connectivity index (χ1n) is 5.08. The summed E-state index contributed by atoms with van der Waals surface area (Å²) in [5.41, 5.74) is 7.59. The predicted octanol–water partition coefficient (Wildman–Crippen LogP) is 4.37. The Balaban J connectivity index is 2.10. The Morgan fingerprint density at radius 3 is 2.35 bits per heavy atom. The highest BCUT2D eigenvalue weighted by Gasteiger charge is 2.04. The van der Waals surface area contributed by atoms with E-state index in [2.05, 4.69) is 31.9 Å². The van der Waals surface area contributed by atoms with Crippen molar-refractivity contribution in [3.63, 3.8) is 0 Å². The highest BCUT2D eigenvalue weighted by atomic mass is 79.9. The van der Waals surface area contributed by atoms with Gasteiger partial charge in [-0.1, -0.05) is 37.9 Å². The maximum Gasteiger partial charge on any atom is 0.119 e. The van der Waals surface area contributed by atoms with Crippen LogP contribution >= 0.6 is 31.9 Å². The Hall–Kier alpha value is -1.00. The molecular formula is C13H11Br2NO. The lowest BCUT2D eigenvalue weighted by molar-refractivity contribution is 0.306. The van der Waals surface area contributed by atoms with Crippen LogP contribution in [0.15, 0.2) is 51.4 Å². The Morgan fingerprint density at radius 2 is 1.71 bits per heavy atom. The Bertz CT molecular complexity index is 491. The average Bonchev–Trinajstić information content (AvgIpc) is 2.31. The number of rotatable bonds is 3. The van der Waals surface area contributed by atoms with Crippen molar-refractivity contribution < 1.29 is 4.74 Å². The van der Waals surface area contributed by atoms with Crippen LogP contribution in [0.1, 0.15) is 5.56 Å². The lowest BCUT2D eigenvalue weighted by atomic mass is 10.2. The molecule has 0 atom stereocenters. The fraction of sp³-hybridized carbons (Fsp3) is 0.0769. The monoisotopic (exact) mass is 355 g/mol. The van der Waals surface area contributed by atoms with Crippen LogP contribution in [0.4, 0.5) is 5.69 Å². The second-order valence-corrected chi connectivity index (χ2v) is 5.32. The lowest BCUT2D eigenvalue weighted by Crippen LogP contribution is -2.01. The molecule has 0 bridgehead atoms. The van der Waals surface area contributed by atoms with Gasteiger partial charge < -0.3 is 10.5 Å². The van der Waals surface area contributed by atoms with Crippen LogP contribution in [0.3, 0.4) is 0 Å². The van der Waals surface area contributed by atoms with Crippen molar-refractivity contribution in [1.82, 2.24) is 0 Å². The molecule has 0 heterocycles. The van der Waals surface area contributed by atoms with Gasteiger partial charge in [0.2, 0.25) is 0 Å². The third kappa shape index (κ3) is 3.23. The third-order valence-corrected chi connectivity index (χ3v) is 3.62. The fourth-order valence-corrected chi connectivity index (χ4v) is 2.17. The highest BCUT2D eigenvalue weighted by Crippen LogP contribution is 2.24. The second-order valence-electron chi connectivity index (χ2n) is 3.55. The number of nitrogens with two attached hydrogens (primary N) is 1. The van der Waals surface area contributed by atoms with Crippen molar-refractivity contribution in [3.05, 3.63) is 57.0 Å². The highest BCUT2D eigenvalue weighted by molar-refractivity contribution is 9.10. The molecule has 0 spiro atoms. The van der Waals surface area contributed by atoms with Crippen LogP contribution in [0, 0.1) is 0 Å². The predicted molar refractivity (Wildman–Crippen MR) is 77.0 cm³/mol. The van der Waals surface area contributed by atoms with Gasteiger partial charge >= 0.3 is 0 Å². The maximum absolute atomic E-state index is 5.89. The molecule has 0 amide bonds. The number of hydrogen-bond donors (Lipinski definition) is 1. The fourth-order valence-electron chi connectivity index (χ4n) is 1.41. The normalized spacial score (nSPS) is 10.2. The van der Waals surface area contributed by atoms with E-state index in [4.69, 9.17) is 10.5 Å². The molecule has 0 saturated carbocycles. The zero-order chi connectivity index (χ0) is 12.3. The minimum absolute atomic E-state index is 0.453. The zero-order valence-corrected chi connectivity index (χ0v) is 12.2. The van der Waals surface area contributed by atoms with Gasteiger partial charge in [-0.15, -0.1) is 0 Å². The lowest BCUT2D eigenvalue weighted by Gasteiger charge is -2.10. The maximum atomic E-state index is 5.89. The van der Waals surface area contributed by atoms with Crippen molar-refractivity contribution in [2.75, 3.05) is 5.73 Å². The summed E-state index contributed by atoms with van der Waals surface area (Å²) in [7, 11) is 0. The molecule has 17 heavy (non-hydrogen) atoms. The van der Waals surface area contributed by atoms with E-state index in [0.717, 1.165) is 25.9 Å². The molecule has 0 aliphatic rings. The molecule has 0 saturated heterocycles. The van der Waals surface area contributed by atoms with E-state index in [0.29, 0.717) is 6.61 Å². The van der Waals surface area contributed by atoms with Gasteiger partial charge in [-0.3, -0.25) is 0 Å². The standard InChI is InChI=1S/C13H11Br2NO/c14-9-4-6-10(7-5-9)17-8-11-12(15)2-1-3-13(11)16/h1-7H,8,16H2. The Labute approximate surface area is 117 Å². The van der Waals surface area contributed by atoms with E-state index in [1.807, 2.05) is 42.5 Å². The molecule has 0 fully saturated rings. The summed E-state index contributed by atoms with van der Waals surface area (Å²) in [4.78, 5) is 0. The van der Waals surface area contributed by atoms with Gasteiger partial charge in [-0.05, 0) is 36.4 Å². The SMILES string of the molecule is Nc1cccc(Br)c1COc1ccc(Br)cc1. The molecule has 0 aliphatic heterocycles. The third-order valence-electron chi connectivity index (χ3n) is 2.35. The van der Waals surface area contributed by atoms with Gasteiger partial charge in [-0.25, -0.2) is 0 Å². The molecule has 2 N–H and O–H groups in total. The summed E-state index contributed by atoms with van der Waals surface area (Å²) in [5.74, 6) is 0.823. The first-order valence-corrected chi connectivity index (χ1v) is 6.66. The molecule has 2 aromatic rings. The van der Waals surface area contributed by atoms with E-state index >= 15 is 0 Å². The van der Waals surface area contributed by atoms with Crippen LogP contribution in [0.5, 0.6) is 5.75 Å². The van der Waals surface area contributed by atoms with Gasteiger partial charge in [0.1, 0.15) is 12.4 Å². The van der Waals surface area contributed by atoms with Crippen molar-refractivity contribution >= 4 is 37.5 Å². The molecule has 2 aromatic carbocycles. The summed E-state index contributed by atoms with van der Waals surface area (Å²) >= 11 is 6.85. The molecule has 88 valence electrons. The van der Waals surface area contributed by atoms with Crippen molar-refractivity contribution in [1.29, 1.82) is 0 Å². The summed E-state index contributed by atoms with van der Waals surface area (Å²) in [6, 6.07) is 13.4. The molecule has 0 aliphatic carbocycles. The van der Waals surface area contributed by atoms with Gasteiger partial charge in [0.05, 0.1) is 0 Å². The topological polar surface area (TPSA) is 35.2 Å². The summed E-state index contributed by atoms with van der Waals surface area (Å²) in [6.45, 7) is 0.453. The minimum atomic E-state index is 0.453. The summed E-state index contributed by atoms with van der Waals surface area (Å²) in [5, 5.41) is 0. The van der Waals surface area contributed by atoms with Crippen LogP contribution < -0.4 is 10.5 Å². The van der Waals surface area contributed by atoms with E-state index < -0.39 is 0 Å². The van der Waals surface area contributed by atoms with Crippen molar-refractivity contribution in [2.24, 2.45) is 0 Å². The van der Waals surface area contributed by atoms with Crippen LogP contribution in [0.2, 0.25) is 0 Å². The molecule has 2 nitrogen and oxygen atoms in total. The number of nitrogen functional groups attached to an aromatic ring is 1. The number of benzene rings is 2. The van der Waals surface area contributed by atoms with Gasteiger partial charge in [0.15, 0.2) is 0 Å². The molecular weight excluding hydrogens is 346 g/mol. The second kappa shape index (κ2) is 5.56. The summed E-state index contributed by atoms with van der Waals surface area (Å²) in [6.07, 6.45) is 0. The first kappa shape index (κ1) is 12.5. The molecule has 0 radical (unpaired) electrons. The van der Waals surface area contributed by atoms with E-state index in [9.17, 15) is 0 Å². The Morgan fingerprint density at radius 1 is 1.00 bits per heavy atom. The Kier molecular flexibility index (Phi) is 4.07. The van der Waals surface area contributed by atoms with Crippen molar-refractivity contribution in [2.45, 2.75) is 6.61 Å². The average molecular weight is 357 g/mol. The molecule has 4 heteroatoms.